The summed E-state index contributed by atoms with van der Waals surface area (Å²) in [6.45, 7) is 11.0. The molecule has 1 heterocycles. The van der Waals surface area contributed by atoms with E-state index in [9.17, 15) is 4.79 Å². The van der Waals surface area contributed by atoms with Crippen molar-refractivity contribution in [2.75, 3.05) is 32.0 Å². The number of hydrogen-bond acceptors (Lipinski definition) is 4. The molecule has 0 radical (unpaired) electrons. The van der Waals surface area contributed by atoms with Gasteiger partial charge in [0.1, 0.15) is 0 Å². The molecule has 2 N–H and O–H groups in total. The van der Waals surface area contributed by atoms with Crippen LogP contribution in [0.15, 0.2) is 12.3 Å². The molecule has 1 aromatic heterocycles. The third-order valence-corrected chi connectivity index (χ3v) is 3.36. The molecular formula is C15H26N4O. The Hall–Kier alpha value is -1.62. The highest BCUT2D eigenvalue weighted by molar-refractivity contribution is 5.99. The average Bonchev–Trinajstić information content (AvgIpc) is 2.44. The van der Waals surface area contributed by atoms with E-state index in [0.29, 0.717) is 5.56 Å². The largest absolute Gasteiger partial charge is 0.387 e. The van der Waals surface area contributed by atoms with Crippen molar-refractivity contribution in [3.05, 3.63) is 23.5 Å². The van der Waals surface area contributed by atoms with E-state index < -0.39 is 0 Å². The summed E-state index contributed by atoms with van der Waals surface area (Å²) >= 11 is 0. The van der Waals surface area contributed by atoms with Crippen molar-refractivity contribution in [1.82, 2.24) is 15.2 Å². The van der Waals surface area contributed by atoms with Crippen molar-refractivity contribution in [2.24, 2.45) is 0 Å². The van der Waals surface area contributed by atoms with E-state index in [4.69, 9.17) is 0 Å². The molecule has 112 valence electrons. The minimum atomic E-state index is -0.0819. The number of rotatable bonds is 7. The Morgan fingerprint density at radius 1 is 1.40 bits per heavy atom. The quantitative estimate of drug-likeness (QED) is 0.800. The first-order valence-electron chi connectivity index (χ1n) is 7.19. The number of likely N-dealkylation sites (N-methyl/N-ethyl adjacent to an activating group) is 1. The molecule has 1 rings (SSSR count). The number of carbonyl (C=O) groups is 1. The Balaban J connectivity index is 2.71. The normalized spacial score (nSPS) is 12.3. The zero-order valence-electron chi connectivity index (χ0n) is 13.2. The van der Waals surface area contributed by atoms with Crippen molar-refractivity contribution in [1.29, 1.82) is 0 Å². The number of hydrogen-bond donors (Lipinski definition) is 2. The van der Waals surface area contributed by atoms with Gasteiger partial charge in [0.05, 0.1) is 11.3 Å². The van der Waals surface area contributed by atoms with Gasteiger partial charge in [0, 0.05) is 31.5 Å². The van der Waals surface area contributed by atoms with Crippen molar-refractivity contribution in [3.8, 4) is 0 Å². The Bertz CT molecular complexity index is 443. The van der Waals surface area contributed by atoms with Gasteiger partial charge in [0.2, 0.25) is 0 Å². The van der Waals surface area contributed by atoms with Crippen molar-refractivity contribution in [3.63, 3.8) is 0 Å². The van der Waals surface area contributed by atoms with Crippen LogP contribution in [0.25, 0.3) is 0 Å². The standard InChI is InChI=1S/C15H26N4O/c1-6-19(7-2)10-12(4)18-15(20)13-9-17-11(3)8-14(13)16-5/h8-9,12H,6-7,10H2,1-5H3,(H,16,17)(H,18,20). The van der Waals surface area contributed by atoms with Crippen molar-refractivity contribution >= 4 is 11.6 Å². The lowest BCUT2D eigenvalue weighted by Crippen LogP contribution is -2.42. The van der Waals surface area contributed by atoms with Gasteiger partial charge in [-0.3, -0.25) is 9.78 Å². The van der Waals surface area contributed by atoms with Crippen LogP contribution in [0.2, 0.25) is 0 Å². The third kappa shape index (κ3) is 4.49. The Morgan fingerprint density at radius 3 is 2.60 bits per heavy atom. The van der Waals surface area contributed by atoms with Crippen LogP contribution in [0.4, 0.5) is 5.69 Å². The minimum Gasteiger partial charge on any atom is -0.387 e. The number of anilines is 1. The zero-order valence-corrected chi connectivity index (χ0v) is 13.2. The summed E-state index contributed by atoms with van der Waals surface area (Å²) in [5, 5.41) is 6.07. The predicted octanol–water partition coefficient (Wildman–Crippen LogP) is 1.89. The predicted molar refractivity (Wildman–Crippen MR) is 83.2 cm³/mol. The molecule has 0 aromatic carbocycles. The van der Waals surface area contributed by atoms with Crippen LogP contribution >= 0.6 is 0 Å². The number of aryl methyl sites for hydroxylation is 1. The van der Waals surface area contributed by atoms with Crippen LogP contribution < -0.4 is 10.6 Å². The van der Waals surface area contributed by atoms with Gasteiger partial charge in [-0.25, -0.2) is 0 Å². The molecule has 0 bridgehead atoms. The highest BCUT2D eigenvalue weighted by Crippen LogP contribution is 2.15. The van der Waals surface area contributed by atoms with Crippen LogP contribution in [0.5, 0.6) is 0 Å². The third-order valence-electron chi connectivity index (χ3n) is 3.36. The summed E-state index contributed by atoms with van der Waals surface area (Å²) in [7, 11) is 1.81. The Morgan fingerprint density at radius 2 is 2.05 bits per heavy atom. The monoisotopic (exact) mass is 278 g/mol. The Kier molecular flexibility index (Phi) is 6.45. The highest BCUT2D eigenvalue weighted by Gasteiger charge is 2.15. The maximum absolute atomic E-state index is 12.3. The summed E-state index contributed by atoms with van der Waals surface area (Å²) in [6.07, 6.45) is 1.63. The summed E-state index contributed by atoms with van der Waals surface area (Å²) in [5.41, 5.74) is 2.29. The number of aromatic nitrogens is 1. The SMILES string of the molecule is CCN(CC)CC(C)NC(=O)c1cnc(C)cc1NC. The van der Waals surface area contributed by atoms with Crippen molar-refractivity contribution < 1.29 is 4.79 Å². The van der Waals surface area contributed by atoms with Crippen LogP contribution in [-0.4, -0.2) is 48.5 Å². The van der Waals surface area contributed by atoms with Gasteiger partial charge < -0.3 is 15.5 Å². The second-order valence-electron chi connectivity index (χ2n) is 4.98. The van der Waals surface area contributed by atoms with E-state index >= 15 is 0 Å². The maximum Gasteiger partial charge on any atom is 0.255 e. The fourth-order valence-corrected chi connectivity index (χ4v) is 2.16. The molecule has 0 spiro atoms. The van der Waals surface area contributed by atoms with Gasteiger partial charge >= 0.3 is 0 Å². The Labute approximate surface area is 121 Å². The van der Waals surface area contributed by atoms with E-state index in [2.05, 4.69) is 34.4 Å². The number of nitrogens with one attached hydrogen (secondary N) is 2. The number of nitrogens with zero attached hydrogens (tertiary/aromatic N) is 2. The van der Waals surface area contributed by atoms with E-state index in [1.807, 2.05) is 27.0 Å². The minimum absolute atomic E-state index is 0.0819. The van der Waals surface area contributed by atoms with Crippen LogP contribution in [-0.2, 0) is 0 Å². The summed E-state index contributed by atoms with van der Waals surface area (Å²) in [4.78, 5) is 18.8. The molecule has 5 nitrogen and oxygen atoms in total. The molecule has 1 unspecified atom stereocenters. The molecule has 1 atom stereocenters. The van der Waals surface area contributed by atoms with Gasteiger partial charge in [-0.15, -0.1) is 0 Å². The lowest BCUT2D eigenvalue weighted by atomic mass is 10.2. The molecule has 0 aliphatic heterocycles. The van der Waals surface area contributed by atoms with Crippen LogP contribution in [0.3, 0.4) is 0 Å². The molecule has 0 aliphatic rings. The second-order valence-corrected chi connectivity index (χ2v) is 4.98. The molecule has 0 fully saturated rings. The van der Waals surface area contributed by atoms with E-state index in [0.717, 1.165) is 31.0 Å². The fraction of sp³-hybridized carbons (Fsp3) is 0.600. The molecule has 1 amide bonds. The van der Waals surface area contributed by atoms with E-state index in [1.165, 1.54) is 0 Å². The number of carbonyl (C=O) groups excluding carboxylic acids is 1. The highest BCUT2D eigenvalue weighted by atomic mass is 16.1. The van der Waals surface area contributed by atoms with Gasteiger partial charge in [-0.2, -0.15) is 0 Å². The molecule has 20 heavy (non-hydrogen) atoms. The molecular weight excluding hydrogens is 252 g/mol. The maximum atomic E-state index is 12.3. The van der Waals surface area contributed by atoms with Gasteiger partial charge in [-0.1, -0.05) is 13.8 Å². The molecule has 0 saturated carbocycles. The number of amides is 1. The lowest BCUT2D eigenvalue weighted by Gasteiger charge is -2.23. The van der Waals surface area contributed by atoms with E-state index in [-0.39, 0.29) is 11.9 Å². The lowest BCUT2D eigenvalue weighted by molar-refractivity contribution is 0.0931. The first-order valence-corrected chi connectivity index (χ1v) is 7.19. The van der Waals surface area contributed by atoms with Crippen LogP contribution in [0, 0.1) is 6.92 Å². The molecule has 5 heteroatoms. The average molecular weight is 278 g/mol. The fourth-order valence-electron chi connectivity index (χ4n) is 2.16. The summed E-state index contributed by atoms with van der Waals surface area (Å²) in [5.74, 6) is -0.0819. The smallest absolute Gasteiger partial charge is 0.255 e. The molecule has 0 saturated heterocycles. The zero-order chi connectivity index (χ0) is 15.1. The topological polar surface area (TPSA) is 57.3 Å². The van der Waals surface area contributed by atoms with Crippen LogP contribution in [0.1, 0.15) is 36.8 Å². The first kappa shape index (κ1) is 16.4. The summed E-state index contributed by atoms with van der Waals surface area (Å²) < 4.78 is 0. The van der Waals surface area contributed by atoms with Gasteiger partial charge in [0.15, 0.2) is 0 Å². The molecule has 0 aliphatic carbocycles. The second kappa shape index (κ2) is 7.85. The number of pyridine rings is 1. The van der Waals surface area contributed by atoms with Gasteiger partial charge in [0.25, 0.3) is 5.91 Å². The molecule has 1 aromatic rings. The van der Waals surface area contributed by atoms with E-state index in [1.54, 1.807) is 6.20 Å². The van der Waals surface area contributed by atoms with Crippen molar-refractivity contribution in [2.45, 2.75) is 33.7 Å². The summed E-state index contributed by atoms with van der Waals surface area (Å²) in [6, 6.07) is 1.98. The van der Waals surface area contributed by atoms with Gasteiger partial charge in [-0.05, 0) is 33.0 Å². The first-order chi connectivity index (χ1) is 9.51.